The lowest BCUT2D eigenvalue weighted by molar-refractivity contribution is -0.138. The van der Waals surface area contributed by atoms with Crippen LogP contribution in [0.4, 0.5) is 0 Å². The standard InChI is InChI=1S/C22H27NO3S/c1-22(2,3)16-8-10-18(11-9-16)27-20-7-5-4-6-19(20)26-17-12-13-23(14-17)15-21(24)25/h4-11,17H,12-15H2,1-3H3,(H,24,25). The predicted octanol–water partition coefficient (Wildman–Crippen LogP) is 4.67. The molecule has 1 saturated heterocycles. The Morgan fingerprint density at radius 3 is 2.56 bits per heavy atom. The number of carboxylic acid groups (broad SMARTS) is 1. The summed E-state index contributed by atoms with van der Waals surface area (Å²) in [5, 5.41) is 8.94. The summed E-state index contributed by atoms with van der Waals surface area (Å²) in [7, 11) is 0. The van der Waals surface area contributed by atoms with Crippen molar-refractivity contribution in [3.05, 3.63) is 54.1 Å². The highest BCUT2D eigenvalue weighted by atomic mass is 32.2. The number of benzene rings is 2. The molecule has 4 nitrogen and oxygen atoms in total. The van der Waals surface area contributed by atoms with Crippen LogP contribution in [0.15, 0.2) is 58.3 Å². The summed E-state index contributed by atoms with van der Waals surface area (Å²) in [6, 6.07) is 16.8. The Hall–Kier alpha value is -1.98. The lowest BCUT2D eigenvalue weighted by atomic mass is 9.87. The van der Waals surface area contributed by atoms with Crippen LogP contribution in [-0.2, 0) is 10.2 Å². The van der Waals surface area contributed by atoms with E-state index in [0.717, 1.165) is 23.6 Å². The van der Waals surface area contributed by atoms with Crippen molar-refractivity contribution in [1.82, 2.24) is 4.90 Å². The van der Waals surface area contributed by atoms with Gasteiger partial charge < -0.3 is 9.84 Å². The van der Waals surface area contributed by atoms with E-state index in [4.69, 9.17) is 9.84 Å². The summed E-state index contributed by atoms with van der Waals surface area (Å²) >= 11 is 1.70. The fourth-order valence-corrected chi connectivity index (χ4v) is 4.08. The third-order valence-corrected chi connectivity index (χ3v) is 5.74. The maximum atomic E-state index is 10.9. The Kier molecular flexibility index (Phi) is 6.12. The van der Waals surface area contributed by atoms with Crippen molar-refractivity contribution in [3.8, 4) is 5.75 Å². The number of hydrogen-bond donors (Lipinski definition) is 1. The molecule has 0 spiro atoms. The first-order valence-corrected chi connectivity index (χ1v) is 10.1. The molecule has 1 N–H and O–H groups in total. The molecule has 0 bridgehead atoms. The van der Waals surface area contributed by atoms with Gasteiger partial charge in [-0.25, -0.2) is 0 Å². The van der Waals surface area contributed by atoms with Gasteiger partial charge in [0, 0.05) is 18.0 Å². The number of likely N-dealkylation sites (tertiary alicyclic amines) is 1. The molecule has 0 aliphatic carbocycles. The predicted molar refractivity (Wildman–Crippen MR) is 109 cm³/mol. The number of carbonyl (C=O) groups is 1. The molecular weight excluding hydrogens is 358 g/mol. The second-order valence-corrected chi connectivity index (χ2v) is 9.10. The largest absolute Gasteiger partial charge is 0.488 e. The zero-order chi connectivity index (χ0) is 19.4. The first kappa shape index (κ1) is 19.8. The van der Waals surface area contributed by atoms with Crippen molar-refractivity contribution in [2.24, 2.45) is 0 Å². The Morgan fingerprint density at radius 2 is 1.89 bits per heavy atom. The number of ether oxygens (including phenoxy) is 1. The highest BCUT2D eigenvalue weighted by molar-refractivity contribution is 7.99. The van der Waals surface area contributed by atoms with E-state index in [-0.39, 0.29) is 18.1 Å². The van der Waals surface area contributed by atoms with Crippen LogP contribution in [-0.4, -0.2) is 41.7 Å². The van der Waals surface area contributed by atoms with Gasteiger partial charge in [-0.1, -0.05) is 56.8 Å². The molecule has 0 saturated carbocycles. The smallest absolute Gasteiger partial charge is 0.317 e. The summed E-state index contributed by atoms with van der Waals surface area (Å²) < 4.78 is 6.21. The summed E-state index contributed by atoms with van der Waals surface area (Å²) in [6.45, 7) is 8.15. The molecule has 2 aromatic carbocycles. The molecular formula is C22H27NO3S. The summed E-state index contributed by atoms with van der Waals surface area (Å²) in [5.41, 5.74) is 1.47. The van der Waals surface area contributed by atoms with Gasteiger partial charge in [0.15, 0.2) is 0 Å². The summed E-state index contributed by atoms with van der Waals surface area (Å²) in [4.78, 5) is 15.1. The van der Waals surface area contributed by atoms with Crippen molar-refractivity contribution in [2.75, 3.05) is 19.6 Å². The molecule has 5 heteroatoms. The molecule has 1 aliphatic heterocycles. The van der Waals surface area contributed by atoms with E-state index in [2.05, 4.69) is 51.1 Å². The van der Waals surface area contributed by atoms with Crippen LogP contribution in [0.5, 0.6) is 5.75 Å². The maximum absolute atomic E-state index is 10.9. The van der Waals surface area contributed by atoms with E-state index in [0.29, 0.717) is 6.54 Å². The van der Waals surface area contributed by atoms with E-state index < -0.39 is 5.97 Å². The Bertz CT molecular complexity index is 783. The molecule has 1 atom stereocenters. The Balaban J connectivity index is 1.67. The van der Waals surface area contributed by atoms with Crippen LogP contribution in [0.3, 0.4) is 0 Å². The molecule has 0 amide bonds. The van der Waals surface area contributed by atoms with Crippen LogP contribution in [0.2, 0.25) is 0 Å². The lowest BCUT2D eigenvalue weighted by Gasteiger charge is -2.19. The minimum Gasteiger partial charge on any atom is -0.488 e. The highest BCUT2D eigenvalue weighted by Gasteiger charge is 2.26. The first-order valence-electron chi connectivity index (χ1n) is 9.29. The normalized spacial score (nSPS) is 17.8. The molecule has 1 aliphatic rings. The first-order chi connectivity index (χ1) is 12.8. The number of rotatable bonds is 6. The quantitative estimate of drug-likeness (QED) is 0.783. The maximum Gasteiger partial charge on any atom is 0.317 e. The van der Waals surface area contributed by atoms with Gasteiger partial charge in [-0.05, 0) is 41.7 Å². The fraction of sp³-hybridized carbons (Fsp3) is 0.409. The number of para-hydroxylation sites is 1. The van der Waals surface area contributed by atoms with Crippen LogP contribution >= 0.6 is 11.8 Å². The van der Waals surface area contributed by atoms with E-state index in [1.54, 1.807) is 11.8 Å². The molecule has 3 rings (SSSR count). The molecule has 1 fully saturated rings. The zero-order valence-electron chi connectivity index (χ0n) is 16.1. The van der Waals surface area contributed by atoms with E-state index in [9.17, 15) is 4.79 Å². The van der Waals surface area contributed by atoms with Gasteiger partial charge in [0.05, 0.1) is 11.4 Å². The minimum absolute atomic E-state index is 0.0365. The number of hydrogen-bond acceptors (Lipinski definition) is 4. The zero-order valence-corrected chi connectivity index (χ0v) is 17.0. The topological polar surface area (TPSA) is 49.8 Å². The average Bonchev–Trinajstić information content (AvgIpc) is 3.02. The van der Waals surface area contributed by atoms with Crippen molar-refractivity contribution in [2.45, 2.75) is 48.5 Å². The third-order valence-electron chi connectivity index (χ3n) is 4.68. The summed E-state index contributed by atoms with van der Waals surface area (Å²) in [5.74, 6) is 0.0786. The second kappa shape index (κ2) is 8.36. The fourth-order valence-electron chi connectivity index (χ4n) is 3.19. The van der Waals surface area contributed by atoms with Gasteiger partial charge in [-0.15, -0.1) is 0 Å². The number of aliphatic carboxylic acids is 1. The average molecular weight is 386 g/mol. The van der Waals surface area contributed by atoms with Gasteiger partial charge in [0.1, 0.15) is 11.9 Å². The number of nitrogens with zero attached hydrogens (tertiary/aromatic N) is 1. The van der Waals surface area contributed by atoms with Gasteiger partial charge >= 0.3 is 5.97 Å². The summed E-state index contributed by atoms with van der Waals surface area (Å²) in [6.07, 6.45) is 0.890. The molecule has 144 valence electrons. The number of carboxylic acids is 1. The van der Waals surface area contributed by atoms with Crippen LogP contribution < -0.4 is 4.74 Å². The van der Waals surface area contributed by atoms with Gasteiger partial charge in [-0.3, -0.25) is 9.69 Å². The van der Waals surface area contributed by atoms with Crippen LogP contribution in [0.1, 0.15) is 32.8 Å². The molecule has 0 radical (unpaired) electrons. The van der Waals surface area contributed by atoms with Gasteiger partial charge in [-0.2, -0.15) is 0 Å². The molecule has 27 heavy (non-hydrogen) atoms. The van der Waals surface area contributed by atoms with E-state index in [1.165, 1.54) is 10.5 Å². The van der Waals surface area contributed by atoms with Crippen LogP contribution in [0, 0.1) is 0 Å². The van der Waals surface area contributed by atoms with E-state index in [1.807, 2.05) is 23.1 Å². The molecule has 1 unspecified atom stereocenters. The highest BCUT2D eigenvalue weighted by Crippen LogP contribution is 2.36. The van der Waals surface area contributed by atoms with Gasteiger partial charge in [0.25, 0.3) is 0 Å². The van der Waals surface area contributed by atoms with Crippen molar-refractivity contribution >= 4 is 17.7 Å². The van der Waals surface area contributed by atoms with Crippen LogP contribution in [0.25, 0.3) is 0 Å². The molecule has 1 heterocycles. The van der Waals surface area contributed by atoms with Crippen molar-refractivity contribution < 1.29 is 14.6 Å². The minimum atomic E-state index is -0.787. The second-order valence-electron chi connectivity index (χ2n) is 7.98. The molecule has 0 aromatic heterocycles. The van der Waals surface area contributed by atoms with E-state index >= 15 is 0 Å². The van der Waals surface area contributed by atoms with Gasteiger partial charge in [0.2, 0.25) is 0 Å². The molecule has 2 aromatic rings. The SMILES string of the molecule is CC(C)(C)c1ccc(Sc2ccccc2OC2CCN(CC(=O)O)C2)cc1. The Labute approximate surface area is 165 Å². The van der Waals surface area contributed by atoms with Crippen molar-refractivity contribution in [1.29, 1.82) is 0 Å². The Morgan fingerprint density at radius 1 is 1.19 bits per heavy atom. The third kappa shape index (κ3) is 5.50. The lowest BCUT2D eigenvalue weighted by Crippen LogP contribution is -2.29. The monoisotopic (exact) mass is 385 g/mol. The van der Waals surface area contributed by atoms with Crippen molar-refractivity contribution in [3.63, 3.8) is 0 Å².